The highest BCUT2D eigenvalue weighted by atomic mass is 32.1. The minimum Gasteiger partial charge on any atom is -0.494 e. The van der Waals surface area contributed by atoms with Crippen molar-refractivity contribution in [2.45, 2.75) is 6.92 Å². The third-order valence-electron chi connectivity index (χ3n) is 4.11. The van der Waals surface area contributed by atoms with Gasteiger partial charge in [0.15, 0.2) is 5.11 Å². The second-order valence-electron chi connectivity index (χ2n) is 6.02. The molecule has 0 radical (unpaired) electrons. The number of nitrogens with zero attached hydrogens (tertiary/aromatic N) is 1. The zero-order chi connectivity index (χ0) is 19.1. The van der Waals surface area contributed by atoms with E-state index in [1.165, 1.54) is 0 Å². The van der Waals surface area contributed by atoms with Gasteiger partial charge < -0.3 is 25.0 Å². The van der Waals surface area contributed by atoms with Gasteiger partial charge in [-0.25, -0.2) is 0 Å². The van der Waals surface area contributed by atoms with Gasteiger partial charge in [0.1, 0.15) is 5.75 Å². The van der Waals surface area contributed by atoms with E-state index in [9.17, 15) is 4.79 Å². The Morgan fingerprint density at radius 2 is 1.59 bits per heavy atom. The van der Waals surface area contributed by atoms with Gasteiger partial charge in [0, 0.05) is 30.0 Å². The van der Waals surface area contributed by atoms with E-state index in [-0.39, 0.29) is 5.91 Å². The molecule has 27 heavy (non-hydrogen) atoms. The number of hydrogen-bond donors (Lipinski definition) is 2. The van der Waals surface area contributed by atoms with Crippen molar-refractivity contribution in [3.8, 4) is 5.75 Å². The van der Waals surface area contributed by atoms with E-state index in [4.69, 9.17) is 21.7 Å². The van der Waals surface area contributed by atoms with Crippen molar-refractivity contribution in [2.24, 2.45) is 0 Å². The fourth-order valence-corrected chi connectivity index (χ4v) is 2.98. The van der Waals surface area contributed by atoms with Crippen molar-refractivity contribution >= 4 is 34.6 Å². The molecule has 0 atom stereocenters. The fraction of sp³-hybridized carbons (Fsp3) is 0.300. The lowest BCUT2D eigenvalue weighted by Crippen LogP contribution is -2.40. The SMILES string of the molecule is CCOc1ccc(NC(=S)Nc2ccc(C(=O)N3CCOCC3)cc2)cc1. The number of ether oxygens (including phenoxy) is 2. The number of rotatable bonds is 5. The van der Waals surface area contributed by atoms with Crippen molar-refractivity contribution in [3.63, 3.8) is 0 Å². The lowest BCUT2D eigenvalue weighted by molar-refractivity contribution is 0.0303. The van der Waals surface area contributed by atoms with Crippen LogP contribution in [0.1, 0.15) is 17.3 Å². The Morgan fingerprint density at radius 1 is 1.04 bits per heavy atom. The Labute approximate surface area is 164 Å². The molecule has 0 saturated carbocycles. The molecule has 7 heteroatoms. The molecule has 3 rings (SSSR count). The van der Waals surface area contributed by atoms with Crippen LogP contribution in [0.3, 0.4) is 0 Å². The number of anilines is 2. The number of thiocarbonyl (C=S) groups is 1. The van der Waals surface area contributed by atoms with Gasteiger partial charge in [-0.3, -0.25) is 4.79 Å². The van der Waals surface area contributed by atoms with Crippen molar-refractivity contribution in [2.75, 3.05) is 43.5 Å². The molecule has 2 N–H and O–H groups in total. The van der Waals surface area contributed by atoms with Gasteiger partial charge in [0.2, 0.25) is 0 Å². The monoisotopic (exact) mass is 385 g/mol. The summed E-state index contributed by atoms with van der Waals surface area (Å²) < 4.78 is 10.7. The van der Waals surface area contributed by atoms with Gasteiger partial charge in [-0.2, -0.15) is 0 Å². The molecular weight excluding hydrogens is 362 g/mol. The van der Waals surface area contributed by atoms with Crippen LogP contribution in [-0.4, -0.2) is 48.8 Å². The Morgan fingerprint density at radius 3 is 2.15 bits per heavy atom. The average Bonchev–Trinajstić information content (AvgIpc) is 2.70. The van der Waals surface area contributed by atoms with Crippen molar-refractivity contribution in [1.29, 1.82) is 0 Å². The highest BCUT2D eigenvalue weighted by Gasteiger charge is 2.18. The lowest BCUT2D eigenvalue weighted by Gasteiger charge is -2.26. The molecule has 6 nitrogen and oxygen atoms in total. The van der Waals surface area contributed by atoms with Crippen LogP contribution in [0.5, 0.6) is 5.75 Å². The lowest BCUT2D eigenvalue weighted by atomic mass is 10.1. The van der Waals surface area contributed by atoms with Crippen LogP contribution in [-0.2, 0) is 4.74 Å². The normalized spacial score (nSPS) is 13.7. The predicted octanol–water partition coefficient (Wildman–Crippen LogP) is 3.37. The van der Waals surface area contributed by atoms with E-state index in [0.29, 0.717) is 43.6 Å². The first-order valence-electron chi connectivity index (χ1n) is 8.93. The van der Waals surface area contributed by atoms with Crippen LogP contribution in [0.15, 0.2) is 48.5 Å². The number of carbonyl (C=O) groups excluding carboxylic acids is 1. The van der Waals surface area contributed by atoms with Gasteiger partial charge in [-0.05, 0) is 67.7 Å². The molecule has 0 bridgehead atoms. The molecule has 142 valence electrons. The first-order valence-corrected chi connectivity index (χ1v) is 9.34. The van der Waals surface area contributed by atoms with E-state index < -0.39 is 0 Å². The van der Waals surface area contributed by atoms with Crippen LogP contribution in [0.4, 0.5) is 11.4 Å². The quantitative estimate of drug-likeness (QED) is 0.770. The summed E-state index contributed by atoms with van der Waals surface area (Å²) in [6.07, 6.45) is 0. The van der Waals surface area contributed by atoms with Gasteiger partial charge in [0.25, 0.3) is 5.91 Å². The number of nitrogens with one attached hydrogen (secondary N) is 2. The number of hydrogen-bond acceptors (Lipinski definition) is 4. The molecule has 1 fully saturated rings. The fourth-order valence-electron chi connectivity index (χ4n) is 2.74. The smallest absolute Gasteiger partial charge is 0.254 e. The third kappa shape index (κ3) is 5.42. The minimum absolute atomic E-state index is 0.0277. The number of morpholine rings is 1. The third-order valence-corrected chi connectivity index (χ3v) is 4.32. The maximum absolute atomic E-state index is 12.5. The van der Waals surface area contributed by atoms with Gasteiger partial charge >= 0.3 is 0 Å². The topological polar surface area (TPSA) is 62.8 Å². The molecule has 0 unspecified atom stereocenters. The van der Waals surface area contributed by atoms with Crippen LogP contribution < -0.4 is 15.4 Å². The Kier molecular flexibility index (Phi) is 6.62. The summed E-state index contributed by atoms with van der Waals surface area (Å²) in [4.78, 5) is 14.3. The molecule has 0 aliphatic carbocycles. The molecule has 1 aliphatic heterocycles. The van der Waals surface area contributed by atoms with Gasteiger partial charge in [-0.15, -0.1) is 0 Å². The highest BCUT2D eigenvalue weighted by Crippen LogP contribution is 2.17. The summed E-state index contributed by atoms with van der Waals surface area (Å²) in [5.41, 5.74) is 2.35. The second-order valence-corrected chi connectivity index (χ2v) is 6.43. The summed E-state index contributed by atoms with van der Waals surface area (Å²) in [6, 6.07) is 14.9. The molecule has 1 aliphatic rings. The first-order chi connectivity index (χ1) is 13.2. The van der Waals surface area contributed by atoms with Crippen LogP contribution in [0, 0.1) is 0 Å². The summed E-state index contributed by atoms with van der Waals surface area (Å²) in [5.74, 6) is 0.849. The van der Waals surface area contributed by atoms with E-state index in [1.807, 2.05) is 48.2 Å². The van der Waals surface area contributed by atoms with Crippen molar-refractivity contribution < 1.29 is 14.3 Å². The van der Waals surface area contributed by atoms with Gasteiger partial charge in [0.05, 0.1) is 19.8 Å². The molecule has 0 spiro atoms. The van der Waals surface area contributed by atoms with Crippen LogP contribution >= 0.6 is 12.2 Å². The molecule has 1 saturated heterocycles. The summed E-state index contributed by atoms with van der Waals surface area (Å²) >= 11 is 5.35. The Balaban J connectivity index is 1.54. The average molecular weight is 385 g/mol. The summed E-state index contributed by atoms with van der Waals surface area (Å²) in [6.45, 7) is 5.04. The van der Waals surface area contributed by atoms with Crippen LogP contribution in [0.2, 0.25) is 0 Å². The minimum atomic E-state index is 0.0277. The largest absolute Gasteiger partial charge is 0.494 e. The molecule has 2 aromatic carbocycles. The Hall–Kier alpha value is -2.64. The van der Waals surface area contributed by atoms with Crippen molar-refractivity contribution in [1.82, 2.24) is 4.90 Å². The highest BCUT2D eigenvalue weighted by molar-refractivity contribution is 7.80. The maximum atomic E-state index is 12.5. The van der Waals surface area contributed by atoms with E-state index in [2.05, 4.69) is 10.6 Å². The zero-order valence-electron chi connectivity index (χ0n) is 15.2. The summed E-state index contributed by atoms with van der Waals surface area (Å²) in [5, 5.41) is 6.72. The summed E-state index contributed by atoms with van der Waals surface area (Å²) in [7, 11) is 0. The van der Waals surface area contributed by atoms with E-state index in [0.717, 1.165) is 17.1 Å². The van der Waals surface area contributed by atoms with Gasteiger partial charge in [-0.1, -0.05) is 0 Å². The predicted molar refractivity (Wildman–Crippen MR) is 111 cm³/mol. The second kappa shape index (κ2) is 9.34. The molecular formula is C20H23N3O3S. The van der Waals surface area contributed by atoms with E-state index in [1.54, 1.807) is 12.1 Å². The molecule has 1 amide bonds. The number of amides is 1. The molecule has 0 aromatic heterocycles. The molecule has 2 aromatic rings. The van der Waals surface area contributed by atoms with E-state index >= 15 is 0 Å². The first kappa shape index (κ1) is 19.1. The maximum Gasteiger partial charge on any atom is 0.254 e. The zero-order valence-corrected chi connectivity index (χ0v) is 16.1. The number of benzene rings is 2. The Bertz CT molecular complexity index is 772. The van der Waals surface area contributed by atoms with Crippen LogP contribution in [0.25, 0.3) is 0 Å². The number of carbonyl (C=O) groups is 1. The standard InChI is InChI=1S/C20H23N3O3S/c1-2-26-18-9-7-17(8-10-18)22-20(27)21-16-5-3-15(4-6-16)19(24)23-11-13-25-14-12-23/h3-10H,2,11-14H2,1H3,(H2,21,22,27). The van der Waals surface area contributed by atoms with Crippen molar-refractivity contribution in [3.05, 3.63) is 54.1 Å². The molecule has 1 heterocycles.